The minimum absolute atomic E-state index is 0.0269. The Hall–Kier alpha value is -2.89. The molecule has 1 aromatic carbocycles. The molecule has 1 fully saturated rings. The number of hydrogen-bond donors (Lipinski definition) is 2. The Morgan fingerprint density at radius 1 is 1.15 bits per heavy atom. The number of nitrogens with one attached hydrogen (secondary N) is 2. The van der Waals surface area contributed by atoms with Gasteiger partial charge >= 0.3 is 5.97 Å². The van der Waals surface area contributed by atoms with Gasteiger partial charge < -0.3 is 15.4 Å². The zero-order valence-corrected chi connectivity index (χ0v) is 15.2. The molecule has 6 heteroatoms. The monoisotopic (exact) mass is 353 g/mol. The van der Waals surface area contributed by atoms with Crippen LogP contribution in [0.2, 0.25) is 0 Å². The third-order valence-corrected chi connectivity index (χ3v) is 4.48. The highest BCUT2D eigenvalue weighted by atomic mass is 16.5. The van der Waals surface area contributed by atoms with Crippen LogP contribution in [0.3, 0.4) is 0 Å². The van der Waals surface area contributed by atoms with Gasteiger partial charge in [-0.3, -0.25) is 4.79 Å². The maximum atomic E-state index is 11.8. The average molecular weight is 353 g/mol. The minimum atomic E-state index is -0.390. The summed E-state index contributed by atoms with van der Waals surface area (Å²) in [7, 11) is 1.35. The van der Waals surface area contributed by atoms with Gasteiger partial charge in [0.05, 0.1) is 18.4 Å². The van der Waals surface area contributed by atoms with Gasteiger partial charge in [0.25, 0.3) is 0 Å². The predicted octanol–water partition coefficient (Wildman–Crippen LogP) is 3.70. The molecule has 2 aromatic rings. The van der Waals surface area contributed by atoms with Gasteiger partial charge in [-0.05, 0) is 56.5 Å². The molecular formula is C20H23N3O3. The van der Waals surface area contributed by atoms with Gasteiger partial charge in [0.2, 0.25) is 5.91 Å². The molecule has 0 aliphatic heterocycles. The van der Waals surface area contributed by atoms with Crippen LogP contribution in [0.1, 0.15) is 47.4 Å². The number of aromatic nitrogens is 1. The number of benzene rings is 1. The number of pyridine rings is 1. The smallest absolute Gasteiger partial charge is 0.339 e. The first-order chi connectivity index (χ1) is 12.5. The van der Waals surface area contributed by atoms with E-state index >= 15 is 0 Å². The Morgan fingerprint density at radius 3 is 2.42 bits per heavy atom. The second-order valence-corrected chi connectivity index (χ2v) is 6.57. The van der Waals surface area contributed by atoms with E-state index in [1.165, 1.54) is 7.11 Å². The van der Waals surface area contributed by atoms with Crippen LogP contribution >= 0.6 is 0 Å². The lowest BCUT2D eigenvalue weighted by molar-refractivity contribution is -0.117. The standard InChI is InChI=1S/C20H23N3O3/c1-12(21-18-11-10-17(13(2)22-18)20(25)26-3)14-6-8-16(9-7-14)23-19(24)15-4-5-15/h6-12,15H,4-5H2,1-3H3,(H,21,22)(H,23,24). The lowest BCUT2D eigenvalue weighted by atomic mass is 10.1. The summed E-state index contributed by atoms with van der Waals surface area (Å²) in [5.41, 5.74) is 2.97. The van der Waals surface area contributed by atoms with E-state index < -0.39 is 5.97 Å². The van der Waals surface area contributed by atoms with Gasteiger partial charge in [-0.25, -0.2) is 9.78 Å². The van der Waals surface area contributed by atoms with Crippen molar-refractivity contribution in [1.82, 2.24) is 4.98 Å². The van der Waals surface area contributed by atoms with Crippen LogP contribution in [-0.4, -0.2) is 24.0 Å². The molecule has 1 heterocycles. The molecule has 0 saturated heterocycles. The SMILES string of the molecule is COC(=O)c1ccc(NC(C)c2ccc(NC(=O)C3CC3)cc2)nc1C. The first kappa shape index (κ1) is 17.9. The van der Waals surface area contributed by atoms with E-state index in [1.54, 1.807) is 19.1 Å². The molecule has 1 aliphatic rings. The molecule has 1 aliphatic carbocycles. The average Bonchev–Trinajstić information content (AvgIpc) is 3.47. The van der Waals surface area contributed by atoms with Gasteiger partial charge in [-0.15, -0.1) is 0 Å². The van der Waals surface area contributed by atoms with Crippen molar-refractivity contribution in [1.29, 1.82) is 0 Å². The van der Waals surface area contributed by atoms with E-state index in [-0.39, 0.29) is 17.9 Å². The number of ether oxygens (including phenoxy) is 1. The highest BCUT2D eigenvalue weighted by molar-refractivity contribution is 5.94. The second-order valence-electron chi connectivity index (χ2n) is 6.57. The van der Waals surface area contributed by atoms with Crippen LogP contribution < -0.4 is 10.6 Å². The number of esters is 1. The van der Waals surface area contributed by atoms with Crippen molar-refractivity contribution in [3.8, 4) is 0 Å². The zero-order valence-electron chi connectivity index (χ0n) is 15.2. The highest BCUT2D eigenvalue weighted by Gasteiger charge is 2.29. The van der Waals surface area contributed by atoms with E-state index in [9.17, 15) is 9.59 Å². The van der Waals surface area contributed by atoms with Crippen molar-refractivity contribution in [2.45, 2.75) is 32.7 Å². The molecule has 0 spiro atoms. The fourth-order valence-corrected chi connectivity index (χ4v) is 2.72. The Labute approximate surface area is 153 Å². The largest absolute Gasteiger partial charge is 0.465 e. The van der Waals surface area contributed by atoms with Crippen molar-refractivity contribution < 1.29 is 14.3 Å². The normalized spacial score (nSPS) is 14.4. The number of aryl methyl sites for hydroxylation is 1. The van der Waals surface area contributed by atoms with E-state index in [1.807, 2.05) is 31.2 Å². The molecule has 1 unspecified atom stereocenters. The summed E-state index contributed by atoms with van der Waals surface area (Å²) in [5, 5.41) is 6.26. The first-order valence-electron chi connectivity index (χ1n) is 8.71. The number of carbonyl (C=O) groups is 2. The van der Waals surface area contributed by atoms with Gasteiger partial charge in [-0.2, -0.15) is 0 Å². The lowest BCUT2D eigenvalue weighted by Gasteiger charge is -2.16. The van der Waals surface area contributed by atoms with Gasteiger partial charge in [0, 0.05) is 17.6 Å². The fourth-order valence-electron chi connectivity index (χ4n) is 2.72. The summed E-state index contributed by atoms with van der Waals surface area (Å²) in [6, 6.07) is 11.3. The topological polar surface area (TPSA) is 80.3 Å². The van der Waals surface area contributed by atoms with Crippen molar-refractivity contribution in [2.75, 3.05) is 17.7 Å². The second kappa shape index (κ2) is 7.56. The Morgan fingerprint density at radius 2 is 1.85 bits per heavy atom. The van der Waals surface area contributed by atoms with Crippen LogP contribution in [-0.2, 0) is 9.53 Å². The summed E-state index contributed by atoms with van der Waals surface area (Å²) < 4.78 is 4.74. The van der Waals surface area contributed by atoms with Crippen LogP contribution in [0.15, 0.2) is 36.4 Å². The van der Waals surface area contributed by atoms with E-state index in [4.69, 9.17) is 4.74 Å². The zero-order chi connectivity index (χ0) is 18.7. The number of anilines is 2. The minimum Gasteiger partial charge on any atom is -0.465 e. The van der Waals surface area contributed by atoms with Crippen molar-refractivity contribution >= 4 is 23.4 Å². The van der Waals surface area contributed by atoms with E-state index in [0.29, 0.717) is 17.1 Å². The van der Waals surface area contributed by atoms with Crippen LogP contribution in [0.25, 0.3) is 0 Å². The van der Waals surface area contributed by atoms with E-state index in [2.05, 4.69) is 15.6 Å². The summed E-state index contributed by atoms with van der Waals surface area (Å²) in [4.78, 5) is 27.9. The Bertz CT molecular complexity index is 814. The molecule has 3 rings (SSSR count). The van der Waals surface area contributed by atoms with Crippen molar-refractivity contribution in [3.05, 3.63) is 53.2 Å². The number of amides is 1. The Kier molecular flexibility index (Phi) is 5.21. The summed E-state index contributed by atoms with van der Waals surface area (Å²) in [5.74, 6) is 0.596. The van der Waals surface area contributed by atoms with Gasteiger partial charge in [0.15, 0.2) is 0 Å². The molecular weight excluding hydrogens is 330 g/mol. The lowest BCUT2D eigenvalue weighted by Crippen LogP contribution is -2.13. The maximum Gasteiger partial charge on any atom is 0.339 e. The number of hydrogen-bond acceptors (Lipinski definition) is 5. The molecule has 6 nitrogen and oxygen atoms in total. The third kappa shape index (κ3) is 4.20. The van der Waals surface area contributed by atoms with Crippen LogP contribution in [0.5, 0.6) is 0 Å². The molecule has 2 N–H and O–H groups in total. The number of rotatable bonds is 6. The molecule has 26 heavy (non-hydrogen) atoms. The van der Waals surface area contributed by atoms with Crippen molar-refractivity contribution in [2.24, 2.45) is 5.92 Å². The highest BCUT2D eigenvalue weighted by Crippen LogP contribution is 2.30. The Balaban J connectivity index is 1.63. The molecule has 1 aromatic heterocycles. The number of carbonyl (C=O) groups excluding carboxylic acids is 2. The quantitative estimate of drug-likeness (QED) is 0.774. The molecule has 1 atom stereocenters. The maximum absolute atomic E-state index is 11.8. The van der Waals surface area contributed by atoms with E-state index in [0.717, 1.165) is 24.1 Å². The van der Waals surface area contributed by atoms with Crippen LogP contribution in [0.4, 0.5) is 11.5 Å². The van der Waals surface area contributed by atoms with Crippen LogP contribution in [0, 0.1) is 12.8 Å². The summed E-state index contributed by atoms with van der Waals surface area (Å²) in [6.45, 7) is 3.81. The molecule has 136 valence electrons. The first-order valence-corrected chi connectivity index (χ1v) is 8.71. The summed E-state index contributed by atoms with van der Waals surface area (Å²) in [6.07, 6.45) is 1.98. The molecule has 0 radical (unpaired) electrons. The third-order valence-electron chi connectivity index (χ3n) is 4.48. The number of nitrogens with zero attached hydrogens (tertiary/aromatic N) is 1. The molecule has 1 saturated carbocycles. The molecule has 1 amide bonds. The van der Waals surface area contributed by atoms with Gasteiger partial charge in [0.1, 0.15) is 5.82 Å². The van der Waals surface area contributed by atoms with Gasteiger partial charge in [-0.1, -0.05) is 12.1 Å². The summed E-state index contributed by atoms with van der Waals surface area (Å²) >= 11 is 0. The predicted molar refractivity (Wildman–Crippen MR) is 100 cm³/mol. The molecule has 0 bridgehead atoms. The van der Waals surface area contributed by atoms with Crippen molar-refractivity contribution in [3.63, 3.8) is 0 Å². The number of methoxy groups -OCH3 is 1. The fraction of sp³-hybridized carbons (Fsp3) is 0.350.